The highest BCUT2D eigenvalue weighted by molar-refractivity contribution is 6.62. The van der Waals surface area contributed by atoms with Crippen LogP contribution in [0.5, 0.6) is 5.75 Å². The standard InChI is InChI=1S/C21H34BNO3/c1-16-8-7-9-17(2)23(16)14-15-24-19-12-10-18(11-13-19)22-25-20(3,4)21(5,6)26-22/h10-13,16-17H,7-9,14-15H2,1-6H3/t16-,17+. The number of ether oxygens (including phenoxy) is 1. The fourth-order valence-electron chi connectivity index (χ4n) is 3.88. The smallest absolute Gasteiger partial charge is 0.492 e. The van der Waals surface area contributed by atoms with Gasteiger partial charge in [0.25, 0.3) is 0 Å². The monoisotopic (exact) mass is 359 g/mol. The Morgan fingerprint density at radius 2 is 1.54 bits per heavy atom. The van der Waals surface area contributed by atoms with Crippen molar-refractivity contribution in [3.8, 4) is 5.75 Å². The summed E-state index contributed by atoms with van der Waals surface area (Å²) in [4.78, 5) is 2.57. The zero-order valence-corrected chi connectivity index (χ0v) is 17.2. The number of benzene rings is 1. The molecule has 0 saturated carbocycles. The Kier molecular flexibility index (Phi) is 5.71. The van der Waals surface area contributed by atoms with E-state index in [1.165, 1.54) is 19.3 Å². The van der Waals surface area contributed by atoms with E-state index in [-0.39, 0.29) is 18.3 Å². The van der Waals surface area contributed by atoms with Crippen LogP contribution in [0.2, 0.25) is 0 Å². The van der Waals surface area contributed by atoms with Gasteiger partial charge in [0.1, 0.15) is 12.4 Å². The first kappa shape index (κ1) is 19.7. The summed E-state index contributed by atoms with van der Waals surface area (Å²) in [6.45, 7) is 14.7. The highest BCUT2D eigenvalue weighted by atomic mass is 16.7. The third-order valence-electron chi connectivity index (χ3n) is 6.40. The molecule has 144 valence electrons. The zero-order valence-electron chi connectivity index (χ0n) is 17.2. The summed E-state index contributed by atoms with van der Waals surface area (Å²) < 4.78 is 18.2. The van der Waals surface area contributed by atoms with Crippen LogP contribution in [-0.4, -0.2) is 48.5 Å². The molecule has 5 heteroatoms. The molecule has 2 heterocycles. The lowest BCUT2D eigenvalue weighted by Crippen LogP contribution is -2.45. The van der Waals surface area contributed by atoms with Crippen LogP contribution in [0.25, 0.3) is 0 Å². The van der Waals surface area contributed by atoms with Gasteiger partial charge in [-0.15, -0.1) is 0 Å². The van der Waals surface area contributed by atoms with Crippen LogP contribution in [0.4, 0.5) is 0 Å². The highest BCUT2D eigenvalue weighted by Crippen LogP contribution is 2.36. The average molecular weight is 359 g/mol. The molecule has 2 atom stereocenters. The van der Waals surface area contributed by atoms with Crippen LogP contribution in [-0.2, 0) is 9.31 Å². The van der Waals surface area contributed by atoms with Crippen molar-refractivity contribution in [3.05, 3.63) is 24.3 Å². The molecule has 2 aliphatic rings. The number of nitrogens with zero attached hydrogens (tertiary/aromatic N) is 1. The number of hydrogen-bond acceptors (Lipinski definition) is 4. The van der Waals surface area contributed by atoms with Crippen molar-refractivity contribution in [1.29, 1.82) is 0 Å². The van der Waals surface area contributed by atoms with Crippen molar-refractivity contribution in [3.63, 3.8) is 0 Å². The molecular formula is C21H34BNO3. The summed E-state index contributed by atoms with van der Waals surface area (Å²) in [5.41, 5.74) is 0.415. The highest BCUT2D eigenvalue weighted by Gasteiger charge is 2.51. The van der Waals surface area contributed by atoms with Crippen LogP contribution < -0.4 is 10.2 Å². The lowest BCUT2D eigenvalue weighted by Gasteiger charge is -2.38. The molecular weight excluding hydrogens is 325 g/mol. The second-order valence-electron chi connectivity index (χ2n) is 8.87. The number of rotatable bonds is 5. The quantitative estimate of drug-likeness (QED) is 0.752. The van der Waals surface area contributed by atoms with Gasteiger partial charge < -0.3 is 14.0 Å². The van der Waals surface area contributed by atoms with Crippen LogP contribution in [0.3, 0.4) is 0 Å². The normalized spacial score (nSPS) is 28.3. The topological polar surface area (TPSA) is 30.9 Å². The Balaban J connectivity index is 1.52. The van der Waals surface area contributed by atoms with E-state index in [2.05, 4.69) is 46.4 Å². The van der Waals surface area contributed by atoms with Crippen LogP contribution >= 0.6 is 0 Å². The first-order valence-electron chi connectivity index (χ1n) is 10.0. The van der Waals surface area contributed by atoms with Gasteiger partial charge in [-0.3, -0.25) is 4.90 Å². The average Bonchev–Trinajstić information content (AvgIpc) is 2.79. The summed E-state index contributed by atoms with van der Waals surface area (Å²) >= 11 is 0. The number of hydrogen-bond donors (Lipinski definition) is 0. The van der Waals surface area contributed by atoms with E-state index in [1.54, 1.807) is 0 Å². The molecule has 2 aliphatic heterocycles. The van der Waals surface area contributed by atoms with E-state index < -0.39 is 0 Å². The van der Waals surface area contributed by atoms with Gasteiger partial charge in [-0.25, -0.2) is 0 Å². The first-order valence-corrected chi connectivity index (χ1v) is 10.0. The summed E-state index contributed by atoms with van der Waals surface area (Å²) in [7, 11) is -0.316. The van der Waals surface area contributed by atoms with E-state index in [9.17, 15) is 0 Å². The van der Waals surface area contributed by atoms with Gasteiger partial charge in [-0.1, -0.05) is 18.6 Å². The van der Waals surface area contributed by atoms with Gasteiger partial charge in [-0.2, -0.15) is 0 Å². The summed E-state index contributed by atoms with van der Waals surface area (Å²) in [5.74, 6) is 0.905. The molecule has 3 rings (SSSR count). The van der Waals surface area contributed by atoms with Crippen molar-refractivity contribution < 1.29 is 14.0 Å². The van der Waals surface area contributed by atoms with Crippen molar-refractivity contribution in [1.82, 2.24) is 4.90 Å². The predicted molar refractivity (Wildman–Crippen MR) is 107 cm³/mol. The van der Waals surface area contributed by atoms with Crippen molar-refractivity contribution in [2.24, 2.45) is 0 Å². The minimum Gasteiger partial charge on any atom is -0.492 e. The van der Waals surface area contributed by atoms with Crippen molar-refractivity contribution in [2.75, 3.05) is 13.2 Å². The number of piperidine rings is 1. The molecule has 0 N–H and O–H groups in total. The van der Waals surface area contributed by atoms with Crippen LogP contribution in [0.15, 0.2) is 24.3 Å². The van der Waals surface area contributed by atoms with Crippen LogP contribution in [0.1, 0.15) is 60.8 Å². The molecule has 0 unspecified atom stereocenters. The van der Waals surface area contributed by atoms with E-state index in [4.69, 9.17) is 14.0 Å². The fraction of sp³-hybridized carbons (Fsp3) is 0.714. The van der Waals surface area contributed by atoms with Gasteiger partial charge in [-0.05, 0) is 72.0 Å². The van der Waals surface area contributed by atoms with Gasteiger partial charge in [0, 0.05) is 18.6 Å². The molecule has 1 aromatic carbocycles. The molecule has 26 heavy (non-hydrogen) atoms. The van der Waals surface area contributed by atoms with E-state index in [0.29, 0.717) is 12.1 Å². The lowest BCUT2D eigenvalue weighted by molar-refractivity contribution is 0.00578. The molecule has 1 aromatic rings. The minimum absolute atomic E-state index is 0.311. The van der Waals surface area contributed by atoms with Gasteiger partial charge in [0.05, 0.1) is 11.2 Å². The second-order valence-corrected chi connectivity index (χ2v) is 8.87. The van der Waals surface area contributed by atoms with Gasteiger partial charge in [0.2, 0.25) is 0 Å². The third kappa shape index (κ3) is 4.10. The Labute approximate surface area is 159 Å². The maximum Gasteiger partial charge on any atom is 0.494 e. The largest absolute Gasteiger partial charge is 0.494 e. The molecule has 4 nitrogen and oxygen atoms in total. The molecule has 0 aliphatic carbocycles. The predicted octanol–water partition coefficient (Wildman–Crippen LogP) is 3.63. The molecule has 0 amide bonds. The maximum atomic E-state index is 6.10. The molecule has 0 spiro atoms. The summed E-state index contributed by atoms with van der Waals surface area (Å²) in [5, 5.41) is 0. The molecule has 0 bridgehead atoms. The lowest BCUT2D eigenvalue weighted by atomic mass is 9.79. The summed E-state index contributed by atoms with van der Waals surface area (Å²) in [6, 6.07) is 9.45. The Hall–Kier alpha value is -1.04. The SMILES string of the molecule is C[C@@H]1CCC[C@H](C)N1CCOc1ccc(B2OC(C)(C)C(C)(C)O2)cc1. The van der Waals surface area contributed by atoms with Crippen molar-refractivity contribution in [2.45, 2.75) is 84.1 Å². The zero-order chi connectivity index (χ0) is 18.9. The second kappa shape index (κ2) is 7.53. The maximum absolute atomic E-state index is 6.10. The summed E-state index contributed by atoms with van der Waals surface area (Å²) in [6.07, 6.45) is 3.94. The van der Waals surface area contributed by atoms with Gasteiger partial charge >= 0.3 is 7.12 Å². The Morgan fingerprint density at radius 3 is 2.08 bits per heavy atom. The van der Waals surface area contributed by atoms with E-state index in [1.807, 2.05) is 24.3 Å². The number of likely N-dealkylation sites (tertiary alicyclic amines) is 1. The third-order valence-corrected chi connectivity index (χ3v) is 6.40. The fourth-order valence-corrected chi connectivity index (χ4v) is 3.88. The molecule has 2 fully saturated rings. The molecule has 2 saturated heterocycles. The van der Waals surface area contributed by atoms with Crippen LogP contribution in [0, 0.1) is 0 Å². The minimum atomic E-state index is -0.316. The van der Waals surface area contributed by atoms with E-state index >= 15 is 0 Å². The molecule has 0 radical (unpaired) electrons. The molecule has 0 aromatic heterocycles. The van der Waals surface area contributed by atoms with E-state index in [0.717, 1.165) is 24.4 Å². The Bertz CT molecular complexity index is 576. The Morgan fingerprint density at radius 1 is 1.00 bits per heavy atom. The van der Waals surface area contributed by atoms with Gasteiger partial charge in [0.15, 0.2) is 0 Å². The first-order chi connectivity index (χ1) is 12.2. The van der Waals surface area contributed by atoms with Crippen molar-refractivity contribution >= 4 is 12.6 Å².